The maximum absolute atomic E-state index is 11.3. The van der Waals surface area contributed by atoms with Crippen LogP contribution < -0.4 is 10.2 Å². The summed E-state index contributed by atoms with van der Waals surface area (Å²) in [4.78, 5) is 17.7. The molecule has 3 rings (SSSR count). The molecule has 6 heteroatoms. The lowest BCUT2D eigenvalue weighted by atomic mass is 9.97. The van der Waals surface area contributed by atoms with Crippen molar-refractivity contribution in [1.29, 1.82) is 5.26 Å². The summed E-state index contributed by atoms with van der Waals surface area (Å²) >= 11 is 6.26. The number of carbonyl (C=O) groups is 1. The van der Waals surface area contributed by atoms with Crippen molar-refractivity contribution >= 4 is 29.0 Å². The molecule has 1 aliphatic rings. The Balaban J connectivity index is 1.89. The van der Waals surface area contributed by atoms with E-state index in [2.05, 4.69) is 15.2 Å². The summed E-state index contributed by atoms with van der Waals surface area (Å²) in [6.07, 6.45) is 2.33. The molecule has 0 bridgehead atoms. The first kappa shape index (κ1) is 15.3. The highest BCUT2D eigenvalue weighted by Gasteiger charge is 2.21. The minimum Gasteiger partial charge on any atom is -0.351 e. The van der Waals surface area contributed by atoms with Gasteiger partial charge in [0.1, 0.15) is 11.9 Å². The second-order valence-corrected chi connectivity index (χ2v) is 5.84. The van der Waals surface area contributed by atoms with Crippen LogP contribution in [0.4, 0.5) is 11.5 Å². The lowest BCUT2D eigenvalue weighted by Gasteiger charge is -2.31. The van der Waals surface area contributed by atoms with Gasteiger partial charge in [-0.15, -0.1) is 0 Å². The van der Waals surface area contributed by atoms with E-state index < -0.39 is 0 Å². The molecule has 0 saturated carbocycles. The van der Waals surface area contributed by atoms with Crippen molar-refractivity contribution in [2.75, 3.05) is 16.8 Å². The van der Waals surface area contributed by atoms with Gasteiger partial charge in [-0.3, -0.25) is 4.79 Å². The Bertz CT molecular complexity index is 813. The van der Waals surface area contributed by atoms with Crippen molar-refractivity contribution in [2.45, 2.75) is 19.9 Å². The number of carbonyl (C=O) groups excluding carboxylic acids is 1. The van der Waals surface area contributed by atoms with E-state index in [-0.39, 0.29) is 5.91 Å². The average Bonchev–Trinajstić information content (AvgIpc) is 2.54. The molecule has 2 heterocycles. The van der Waals surface area contributed by atoms with Crippen molar-refractivity contribution in [3.05, 3.63) is 52.2 Å². The van der Waals surface area contributed by atoms with E-state index in [4.69, 9.17) is 16.9 Å². The van der Waals surface area contributed by atoms with Gasteiger partial charge in [0.15, 0.2) is 0 Å². The Kier molecular flexibility index (Phi) is 4.18. The Morgan fingerprint density at radius 1 is 1.48 bits per heavy atom. The van der Waals surface area contributed by atoms with E-state index in [1.807, 2.05) is 24.3 Å². The molecule has 0 radical (unpaired) electrons. The highest BCUT2D eigenvalue weighted by Crippen LogP contribution is 2.31. The maximum Gasteiger partial charge on any atom is 0.221 e. The summed E-state index contributed by atoms with van der Waals surface area (Å²) in [5, 5.41) is 12.3. The number of nitrogens with zero attached hydrogens (tertiary/aromatic N) is 3. The number of nitrogens with one attached hydrogen (secondary N) is 1. The first-order valence-corrected chi connectivity index (χ1v) is 7.65. The van der Waals surface area contributed by atoms with Gasteiger partial charge in [-0.25, -0.2) is 4.98 Å². The third-order valence-corrected chi connectivity index (χ3v) is 4.11. The first-order valence-electron chi connectivity index (χ1n) is 7.27. The minimum absolute atomic E-state index is 0.0716. The van der Waals surface area contributed by atoms with E-state index in [9.17, 15) is 4.79 Å². The van der Waals surface area contributed by atoms with Crippen molar-refractivity contribution in [3.8, 4) is 6.07 Å². The fourth-order valence-corrected chi connectivity index (χ4v) is 3.11. The van der Waals surface area contributed by atoms with Crippen LogP contribution in [0, 0.1) is 11.3 Å². The maximum atomic E-state index is 11.3. The van der Waals surface area contributed by atoms with Gasteiger partial charge in [-0.2, -0.15) is 5.26 Å². The first-order chi connectivity index (χ1) is 11.1. The van der Waals surface area contributed by atoms with Gasteiger partial charge in [0, 0.05) is 31.9 Å². The molecule has 116 valence electrons. The van der Waals surface area contributed by atoms with Crippen LogP contribution in [-0.2, 0) is 17.8 Å². The zero-order valence-corrected chi connectivity index (χ0v) is 13.4. The van der Waals surface area contributed by atoms with Crippen LogP contribution in [0.3, 0.4) is 0 Å². The standard InChI is InChI=1S/C17H15ClN4O/c1-11(23)21-16-4-2-3-13-10-22(6-5-14(13)16)17-15(18)7-12(8-19)9-20-17/h2-4,7,9H,5-6,10H2,1H3,(H,21,23). The average molecular weight is 327 g/mol. The smallest absolute Gasteiger partial charge is 0.221 e. The zero-order chi connectivity index (χ0) is 16.4. The fourth-order valence-electron chi connectivity index (χ4n) is 2.82. The Morgan fingerprint density at radius 2 is 2.30 bits per heavy atom. The second kappa shape index (κ2) is 6.27. The molecule has 0 aliphatic carbocycles. The number of pyridine rings is 1. The Morgan fingerprint density at radius 3 is 3.00 bits per heavy atom. The highest BCUT2D eigenvalue weighted by molar-refractivity contribution is 6.33. The number of hydrogen-bond donors (Lipinski definition) is 1. The van der Waals surface area contributed by atoms with Gasteiger partial charge in [0.2, 0.25) is 5.91 Å². The Labute approximate surface area is 139 Å². The monoisotopic (exact) mass is 326 g/mol. The summed E-state index contributed by atoms with van der Waals surface area (Å²) in [5.74, 6) is 0.610. The quantitative estimate of drug-likeness (QED) is 0.920. The molecular formula is C17H15ClN4O. The van der Waals surface area contributed by atoms with Crippen LogP contribution in [0.2, 0.25) is 5.02 Å². The molecule has 2 aromatic rings. The molecule has 0 unspecified atom stereocenters. The lowest BCUT2D eigenvalue weighted by Crippen LogP contribution is -2.32. The number of amides is 1. The Hall–Kier alpha value is -2.58. The van der Waals surface area contributed by atoms with Gasteiger partial charge in [-0.1, -0.05) is 23.7 Å². The van der Waals surface area contributed by atoms with Crippen LogP contribution in [0.15, 0.2) is 30.5 Å². The molecule has 1 aromatic carbocycles. The fraction of sp³-hybridized carbons (Fsp3) is 0.235. The summed E-state index contributed by atoms with van der Waals surface area (Å²) in [6.45, 7) is 2.93. The molecule has 23 heavy (non-hydrogen) atoms. The third kappa shape index (κ3) is 3.13. The molecule has 1 aromatic heterocycles. The molecule has 0 atom stereocenters. The van der Waals surface area contributed by atoms with Crippen LogP contribution >= 0.6 is 11.6 Å². The van der Waals surface area contributed by atoms with Crippen molar-refractivity contribution in [1.82, 2.24) is 4.98 Å². The molecule has 1 N–H and O–H groups in total. The minimum atomic E-state index is -0.0716. The largest absolute Gasteiger partial charge is 0.351 e. The van der Waals surface area contributed by atoms with Crippen LogP contribution in [-0.4, -0.2) is 17.4 Å². The third-order valence-electron chi connectivity index (χ3n) is 3.83. The molecule has 0 saturated heterocycles. The van der Waals surface area contributed by atoms with Gasteiger partial charge in [0.05, 0.1) is 10.6 Å². The second-order valence-electron chi connectivity index (χ2n) is 5.44. The number of aromatic nitrogens is 1. The number of rotatable bonds is 2. The van der Waals surface area contributed by atoms with E-state index in [0.29, 0.717) is 22.9 Å². The number of anilines is 2. The van der Waals surface area contributed by atoms with Crippen molar-refractivity contribution in [3.63, 3.8) is 0 Å². The normalized spacial score (nSPS) is 13.2. The van der Waals surface area contributed by atoms with Crippen LogP contribution in [0.1, 0.15) is 23.6 Å². The summed E-state index contributed by atoms with van der Waals surface area (Å²) < 4.78 is 0. The highest BCUT2D eigenvalue weighted by atomic mass is 35.5. The topological polar surface area (TPSA) is 69.0 Å². The lowest BCUT2D eigenvalue weighted by molar-refractivity contribution is -0.114. The number of benzene rings is 1. The molecule has 0 fully saturated rings. The molecule has 0 spiro atoms. The predicted molar refractivity (Wildman–Crippen MR) is 89.5 cm³/mol. The van der Waals surface area contributed by atoms with Gasteiger partial charge in [-0.05, 0) is 29.7 Å². The molecule has 1 aliphatic heterocycles. The number of nitriles is 1. The van der Waals surface area contributed by atoms with Crippen molar-refractivity contribution in [2.24, 2.45) is 0 Å². The SMILES string of the molecule is CC(=O)Nc1cccc2c1CCN(c1ncc(C#N)cc1Cl)C2. The zero-order valence-electron chi connectivity index (χ0n) is 12.6. The predicted octanol–water partition coefficient (Wildman–Crippen LogP) is 3.13. The van der Waals surface area contributed by atoms with E-state index in [0.717, 1.165) is 29.8 Å². The van der Waals surface area contributed by atoms with E-state index >= 15 is 0 Å². The molecule has 5 nitrogen and oxygen atoms in total. The van der Waals surface area contributed by atoms with Crippen molar-refractivity contribution < 1.29 is 4.79 Å². The van der Waals surface area contributed by atoms with Gasteiger partial charge >= 0.3 is 0 Å². The summed E-state index contributed by atoms with van der Waals surface area (Å²) in [6, 6.07) is 9.56. The molecular weight excluding hydrogens is 312 g/mol. The van der Waals surface area contributed by atoms with E-state index in [1.165, 1.54) is 13.1 Å². The van der Waals surface area contributed by atoms with Crippen LogP contribution in [0.5, 0.6) is 0 Å². The summed E-state index contributed by atoms with van der Waals surface area (Å²) in [5.41, 5.74) is 3.62. The number of halogens is 1. The van der Waals surface area contributed by atoms with Gasteiger partial charge in [0.25, 0.3) is 0 Å². The molecule has 1 amide bonds. The summed E-state index contributed by atoms with van der Waals surface area (Å²) in [7, 11) is 0. The number of fused-ring (bicyclic) bond motifs is 1. The van der Waals surface area contributed by atoms with Crippen LogP contribution in [0.25, 0.3) is 0 Å². The van der Waals surface area contributed by atoms with Gasteiger partial charge < -0.3 is 10.2 Å². The number of hydrogen-bond acceptors (Lipinski definition) is 4. The van der Waals surface area contributed by atoms with E-state index in [1.54, 1.807) is 6.07 Å².